The van der Waals surface area contributed by atoms with Crippen molar-refractivity contribution in [2.75, 3.05) is 0 Å². The predicted molar refractivity (Wildman–Crippen MR) is 159 cm³/mol. The quantitative estimate of drug-likeness (QED) is 0.115. The van der Waals surface area contributed by atoms with E-state index in [0.717, 1.165) is 66.3 Å². The molecule has 0 saturated carbocycles. The summed E-state index contributed by atoms with van der Waals surface area (Å²) in [6.07, 6.45) is 0. The average Bonchev–Trinajstić information content (AvgIpc) is 2.94. The highest BCUT2D eigenvalue weighted by Gasteiger charge is 2.65. The Bertz CT molecular complexity index is 2080. The van der Waals surface area contributed by atoms with E-state index in [1.54, 1.807) is 0 Å². The molecule has 0 saturated heterocycles. The van der Waals surface area contributed by atoms with Gasteiger partial charge in [-0.3, -0.25) is 0 Å². The van der Waals surface area contributed by atoms with Crippen molar-refractivity contribution in [3.63, 3.8) is 0 Å². The molecule has 6 heteroatoms. The topological polar surface area (TPSA) is 0 Å². The van der Waals surface area contributed by atoms with Gasteiger partial charge in [-0.25, -0.2) is 0 Å². The fourth-order valence-corrected chi connectivity index (χ4v) is 6.52. The van der Waals surface area contributed by atoms with Gasteiger partial charge in [-0.1, -0.05) is 129 Å². The minimum atomic E-state index is -9.78. The molecule has 0 radical (unpaired) electrons. The Morgan fingerprint density at radius 3 is 1.32 bits per heavy atom. The molecule has 0 aromatic heterocycles. The Hall–Kier alpha value is -4.42. The summed E-state index contributed by atoms with van der Waals surface area (Å²) in [5, 5.41) is 7.96. The van der Waals surface area contributed by atoms with Crippen molar-refractivity contribution in [2.45, 2.75) is 4.90 Å². The van der Waals surface area contributed by atoms with Crippen LogP contribution in [0.2, 0.25) is 0 Å². The maximum absolute atomic E-state index is 13.5. The Morgan fingerprint density at radius 2 is 0.800 bits per heavy atom. The largest absolute Gasteiger partial charge is 0.310 e. The van der Waals surface area contributed by atoms with Crippen molar-refractivity contribution in [2.24, 2.45) is 0 Å². The van der Waals surface area contributed by atoms with Crippen molar-refractivity contribution in [1.82, 2.24) is 0 Å². The minimum absolute atomic E-state index is 0.438. The second kappa shape index (κ2) is 7.83. The number of rotatable bonds is 3. The molecule has 7 rings (SSSR count). The van der Waals surface area contributed by atoms with Gasteiger partial charge < -0.3 is 0 Å². The lowest BCUT2D eigenvalue weighted by molar-refractivity contribution is 0.364. The van der Waals surface area contributed by atoms with Crippen LogP contribution in [0.15, 0.2) is 132 Å². The first-order valence-corrected chi connectivity index (χ1v) is 14.6. The molecule has 0 nitrogen and oxygen atoms in total. The third kappa shape index (κ3) is 3.90. The van der Waals surface area contributed by atoms with Gasteiger partial charge in [-0.15, -0.1) is 0 Å². The van der Waals surface area contributed by atoms with E-state index in [9.17, 15) is 19.4 Å². The van der Waals surface area contributed by atoms with Gasteiger partial charge in [0.2, 0.25) is 0 Å². The van der Waals surface area contributed by atoms with Crippen molar-refractivity contribution < 1.29 is 19.4 Å². The second-order valence-corrected chi connectivity index (χ2v) is 12.4. The molecular weight excluding hydrogens is 535 g/mol. The van der Waals surface area contributed by atoms with Crippen LogP contribution in [-0.4, -0.2) is 0 Å². The van der Waals surface area contributed by atoms with Gasteiger partial charge in [0, 0.05) is 0 Å². The average molecular weight is 557 g/mol. The molecule has 0 spiro atoms. The lowest BCUT2D eigenvalue weighted by Gasteiger charge is -2.40. The zero-order valence-corrected chi connectivity index (χ0v) is 21.7. The van der Waals surface area contributed by atoms with E-state index in [1.807, 2.05) is 72.8 Å². The first-order chi connectivity index (χ1) is 19.0. The van der Waals surface area contributed by atoms with Gasteiger partial charge in [0.05, 0.1) is 0 Å². The van der Waals surface area contributed by atoms with Crippen LogP contribution < -0.4 is 0 Å². The van der Waals surface area contributed by atoms with E-state index in [-0.39, 0.29) is 0 Å². The summed E-state index contributed by atoms with van der Waals surface area (Å²) in [6, 6.07) is 37.5. The van der Waals surface area contributed by atoms with Crippen LogP contribution in [0.5, 0.6) is 0 Å². The van der Waals surface area contributed by atoms with Gasteiger partial charge >= 0.3 is 10.2 Å². The van der Waals surface area contributed by atoms with Crippen molar-refractivity contribution in [3.05, 3.63) is 127 Å². The van der Waals surface area contributed by atoms with E-state index in [2.05, 4.69) is 30.3 Å². The zero-order chi connectivity index (χ0) is 27.8. The molecular formula is C34H21F5S. The van der Waals surface area contributed by atoms with E-state index in [0.29, 0.717) is 23.3 Å². The minimum Gasteiger partial charge on any atom is -0.0936 e. The van der Waals surface area contributed by atoms with Crippen molar-refractivity contribution in [3.8, 4) is 22.3 Å². The standard InChI is InChI=1S/C34H21F5S/c35-40(36,37,38,39)24-19-17-22(18-20-24)33-28-13-5-7-15-30(28)34(31-16-8-6-14-29(31)33)32-21-23-9-1-2-10-25(23)26-11-3-4-12-27(26)32/h1-21H. The van der Waals surface area contributed by atoms with Crippen molar-refractivity contribution in [1.29, 1.82) is 0 Å². The normalized spacial score (nSPS) is 14.0. The maximum Gasteiger partial charge on any atom is 0.310 e. The lowest BCUT2D eigenvalue weighted by atomic mass is 9.84. The molecule has 0 fully saturated rings. The van der Waals surface area contributed by atoms with Crippen LogP contribution in [0.4, 0.5) is 19.4 Å². The molecule has 7 aromatic rings. The highest BCUT2D eigenvalue weighted by Crippen LogP contribution is 3.02. The van der Waals surface area contributed by atoms with Crippen LogP contribution in [0.25, 0.3) is 65.3 Å². The van der Waals surface area contributed by atoms with E-state index in [1.165, 1.54) is 0 Å². The van der Waals surface area contributed by atoms with E-state index in [4.69, 9.17) is 0 Å². The molecule has 0 N–H and O–H groups in total. The molecule has 0 aliphatic heterocycles. The summed E-state index contributed by atoms with van der Waals surface area (Å²) in [6.45, 7) is 0. The highest BCUT2D eigenvalue weighted by atomic mass is 32.5. The Labute approximate surface area is 227 Å². The molecule has 0 heterocycles. The predicted octanol–water partition coefficient (Wildman–Crippen LogP) is 12.3. The Balaban J connectivity index is 1.60. The number of benzene rings is 7. The second-order valence-electron chi connectivity index (χ2n) is 10.0. The molecule has 0 unspecified atom stereocenters. The lowest BCUT2D eigenvalue weighted by Crippen LogP contribution is -2.05. The summed E-state index contributed by atoms with van der Waals surface area (Å²) in [5.41, 5.74) is 3.20. The third-order valence-electron chi connectivity index (χ3n) is 7.56. The van der Waals surface area contributed by atoms with Crippen LogP contribution in [0.1, 0.15) is 0 Å². The molecule has 7 aromatic carbocycles. The highest BCUT2D eigenvalue weighted by molar-refractivity contribution is 8.45. The summed E-state index contributed by atoms with van der Waals surface area (Å²) in [5.74, 6) is 0. The third-order valence-corrected chi connectivity index (χ3v) is 8.72. The van der Waals surface area contributed by atoms with Gasteiger partial charge in [-0.2, -0.15) is 0 Å². The van der Waals surface area contributed by atoms with E-state index < -0.39 is 15.1 Å². The van der Waals surface area contributed by atoms with E-state index >= 15 is 0 Å². The smallest absolute Gasteiger partial charge is 0.0936 e. The van der Waals surface area contributed by atoms with Gasteiger partial charge in [0.15, 0.2) is 0 Å². The van der Waals surface area contributed by atoms with Gasteiger partial charge in [0.1, 0.15) is 4.90 Å². The van der Waals surface area contributed by atoms with Gasteiger partial charge in [-0.05, 0) is 83.5 Å². The molecule has 0 amide bonds. The van der Waals surface area contributed by atoms with Crippen LogP contribution in [0, 0.1) is 0 Å². The summed E-state index contributed by atoms with van der Waals surface area (Å²) in [7, 11) is -9.78. The summed E-state index contributed by atoms with van der Waals surface area (Å²) in [4.78, 5) is -1.89. The summed E-state index contributed by atoms with van der Waals surface area (Å²) < 4.78 is 67.3. The SMILES string of the molecule is FS(F)(F)(F)(F)c1ccc(-c2c3ccccc3c(-c3cc4ccccc4c4ccccc34)c3ccccc23)cc1. The number of fused-ring (bicyclic) bond motifs is 5. The van der Waals surface area contributed by atoms with Crippen molar-refractivity contribution >= 4 is 53.3 Å². The van der Waals surface area contributed by atoms with Gasteiger partial charge in [0.25, 0.3) is 0 Å². The summed E-state index contributed by atoms with van der Waals surface area (Å²) >= 11 is 0. The zero-order valence-electron chi connectivity index (χ0n) is 20.9. The fourth-order valence-electron chi connectivity index (χ4n) is 5.87. The monoisotopic (exact) mass is 556 g/mol. The molecule has 198 valence electrons. The van der Waals surface area contributed by atoms with Crippen LogP contribution in [0.3, 0.4) is 0 Å². The number of hydrogen-bond acceptors (Lipinski definition) is 0. The maximum atomic E-state index is 13.5. The molecule has 0 atom stereocenters. The molecule has 0 bridgehead atoms. The molecule has 40 heavy (non-hydrogen) atoms. The fraction of sp³-hybridized carbons (Fsp3) is 0. The molecule has 0 aliphatic rings. The van der Waals surface area contributed by atoms with Crippen LogP contribution >= 0.6 is 10.2 Å². The molecule has 0 aliphatic carbocycles. The first-order valence-electron chi connectivity index (χ1n) is 12.7. The Morgan fingerprint density at radius 1 is 0.375 bits per heavy atom. The van der Waals surface area contributed by atoms with Crippen LogP contribution in [-0.2, 0) is 0 Å². The number of hydrogen-bond donors (Lipinski definition) is 0. The first kappa shape index (κ1) is 24.6. The Kier molecular flexibility index (Phi) is 4.82. The number of halogens is 5.